The number of hydrazine groups is 1. The van der Waals surface area contributed by atoms with Crippen LogP contribution in [0.3, 0.4) is 0 Å². The number of carbonyl (C=O) groups is 2. The van der Waals surface area contributed by atoms with E-state index in [1.54, 1.807) is 39.8 Å². The topological polar surface area (TPSA) is 67.4 Å². The molecule has 1 unspecified atom stereocenters. The van der Waals surface area contributed by atoms with Crippen LogP contribution in [-0.2, 0) is 9.59 Å². The van der Waals surface area contributed by atoms with Crippen molar-refractivity contribution in [3.8, 4) is 5.75 Å². The molecule has 0 aliphatic heterocycles. The van der Waals surface area contributed by atoms with Gasteiger partial charge in [0.2, 0.25) is 5.91 Å². The SMILES string of the molecule is CC(Oc1ccc(Cl)cc1Cl)C(=O)NNC(=O)C(C)(C)C. The first-order chi connectivity index (χ1) is 9.61. The number of halogens is 2. The highest BCUT2D eigenvalue weighted by molar-refractivity contribution is 6.35. The number of nitrogens with one attached hydrogen (secondary N) is 2. The Morgan fingerprint density at radius 2 is 1.81 bits per heavy atom. The Balaban J connectivity index is 2.57. The molecule has 0 spiro atoms. The van der Waals surface area contributed by atoms with Crippen molar-refractivity contribution in [2.45, 2.75) is 33.8 Å². The molecule has 1 aromatic rings. The van der Waals surface area contributed by atoms with Crippen LogP contribution >= 0.6 is 23.2 Å². The van der Waals surface area contributed by atoms with Crippen molar-refractivity contribution < 1.29 is 14.3 Å². The molecule has 0 saturated heterocycles. The van der Waals surface area contributed by atoms with Gasteiger partial charge in [0.1, 0.15) is 5.75 Å². The van der Waals surface area contributed by atoms with E-state index in [9.17, 15) is 9.59 Å². The van der Waals surface area contributed by atoms with E-state index in [0.717, 1.165) is 0 Å². The Bertz CT molecular complexity index is 542. The highest BCUT2D eigenvalue weighted by Gasteiger charge is 2.23. The van der Waals surface area contributed by atoms with Gasteiger partial charge in [0.05, 0.1) is 5.02 Å². The quantitative estimate of drug-likeness (QED) is 0.836. The van der Waals surface area contributed by atoms with Gasteiger partial charge in [-0.15, -0.1) is 0 Å². The number of hydrogen-bond donors (Lipinski definition) is 2. The highest BCUT2D eigenvalue weighted by atomic mass is 35.5. The fourth-order valence-corrected chi connectivity index (χ4v) is 1.68. The number of amides is 2. The Labute approximate surface area is 133 Å². The number of ether oxygens (including phenoxy) is 1. The molecule has 21 heavy (non-hydrogen) atoms. The number of rotatable bonds is 3. The zero-order chi connectivity index (χ0) is 16.2. The van der Waals surface area contributed by atoms with E-state index >= 15 is 0 Å². The average Bonchev–Trinajstić information content (AvgIpc) is 2.37. The van der Waals surface area contributed by atoms with Gasteiger partial charge < -0.3 is 4.74 Å². The molecule has 0 saturated carbocycles. The molecule has 116 valence electrons. The van der Waals surface area contributed by atoms with Gasteiger partial charge in [-0.05, 0) is 25.1 Å². The van der Waals surface area contributed by atoms with Crippen LogP contribution < -0.4 is 15.6 Å². The average molecular weight is 333 g/mol. The maximum Gasteiger partial charge on any atom is 0.279 e. The molecule has 0 aliphatic carbocycles. The van der Waals surface area contributed by atoms with Crippen LogP contribution in [-0.4, -0.2) is 17.9 Å². The predicted molar refractivity (Wildman–Crippen MR) is 82.3 cm³/mol. The van der Waals surface area contributed by atoms with Gasteiger partial charge in [0.15, 0.2) is 6.10 Å². The molecule has 2 amide bonds. The van der Waals surface area contributed by atoms with E-state index in [1.165, 1.54) is 6.07 Å². The van der Waals surface area contributed by atoms with E-state index in [0.29, 0.717) is 15.8 Å². The van der Waals surface area contributed by atoms with Gasteiger partial charge in [-0.1, -0.05) is 44.0 Å². The largest absolute Gasteiger partial charge is 0.479 e. The van der Waals surface area contributed by atoms with Crippen molar-refractivity contribution >= 4 is 35.0 Å². The molecular weight excluding hydrogens is 315 g/mol. The minimum absolute atomic E-state index is 0.299. The fourth-order valence-electron chi connectivity index (χ4n) is 1.22. The molecular formula is C14H18Cl2N2O3. The van der Waals surface area contributed by atoms with Gasteiger partial charge in [-0.2, -0.15) is 0 Å². The monoisotopic (exact) mass is 332 g/mol. The molecule has 0 bridgehead atoms. The van der Waals surface area contributed by atoms with Gasteiger partial charge in [0, 0.05) is 10.4 Å². The maximum absolute atomic E-state index is 11.8. The lowest BCUT2D eigenvalue weighted by atomic mass is 9.96. The first kappa shape index (κ1) is 17.6. The number of carbonyl (C=O) groups excluding carboxylic acids is 2. The summed E-state index contributed by atoms with van der Waals surface area (Å²) in [5, 5.41) is 0.780. The second-order valence-electron chi connectivity index (χ2n) is 5.53. The minimum Gasteiger partial charge on any atom is -0.479 e. The molecule has 7 heteroatoms. The summed E-state index contributed by atoms with van der Waals surface area (Å²) in [6, 6.07) is 4.70. The second kappa shape index (κ2) is 7.00. The first-order valence-electron chi connectivity index (χ1n) is 6.33. The first-order valence-corrected chi connectivity index (χ1v) is 7.09. The standard InChI is InChI=1S/C14H18Cl2N2O3/c1-8(12(19)17-18-13(20)14(2,3)4)21-11-6-5-9(15)7-10(11)16/h5-8H,1-4H3,(H,17,19)(H,18,20). The van der Waals surface area contributed by atoms with E-state index in [2.05, 4.69) is 10.9 Å². The van der Waals surface area contributed by atoms with Gasteiger partial charge in [0.25, 0.3) is 5.91 Å². The van der Waals surface area contributed by atoms with Crippen LogP contribution in [0, 0.1) is 5.41 Å². The number of hydrogen-bond acceptors (Lipinski definition) is 3. The van der Waals surface area contributed by atoms with Crippen LogP contribution in [0.2, 0.25) is 10.0 Å². The van der Waals surface area contributed by atoms with Gasteiger partial charge in [-0.25, -0.2) is 0 Å². The lowest BCUT2D eigenvalue weighted by Gasteiger charge is -2.20. The molecule has 0 aromatic heterocycles. The summed E-state index contributed by atoms with van der Waals surface area (Å²) in [7, 11) is 0. The summed E-state index contributed by atoms with van der Waals surface area (Å²) in [6.07, 6.45) is -0.830. The lowest BCUT2D eigenvalue weighted by Crippen LogP contribution is -2.50. The molecule has 0 heterocycles. The van der Waals surface area contributed by atoms with Crippen molar-refractivity contribution in [1.29, 1.82) is 0 Å². The van der Waals surface area contributed by atoms with E-state index in [1.807, 2.05) is 0 Å². The molecule has 1 aromatic carbocycles. The lowest BCUT2D eigenvalue weighted by molar-refractivity contribution is -0.136. The summed E-state index contributed by atoms with van der Waals surface area (Å²) < 4.78 is 5.43. The second-order valence-corrected chi connectivity index (χ2v) is 6.37. The van der Waals surface area contributed by atoms with E-state index < -0.39 is 17.4 Å². The summed E-state index contributed by atoms with van der Waals surface area (Å²) in [5.41, 5.74) is 4.05. The molecule has 1 rings (SSSR count). The Kier molecular flexibility index (Phi) is 5.87. The minimum atomic E-state index is -0.830. The van der Waals surface area contributed by atoms with Crippen molar-refractivity contribution in [2.24, 2.45) is 5.41 Å². The normalized spacial score (nSPS) is 12.5. The van der Waals surface area contributed by atoms with Crippen LogP contribution in [0.15, 0.2) is 18.2 Å². The number of benzene rings is 1. The van der Waals surface area contributed by atoms with Crippen LogP contribution in [0.5, 0.6) is 5.75 Å². The highest BCUT2D eigenvalue weighted by Crippen LogP contribution is 2.28. The Morgan fingerprint density at radius 3 is 2.33 bits per heavy atom. The third kappa shape index (κ3) is 5.44. The Hall–Kier alpha value is -1.46. The molecule has 0 radical (unpaired) electrons. The van der Waals surface area contributed by atoms with Crippen LogP contribution in [0.4, 0.5) is 0 Å². The Morgan fingerprint density at radius 1 is 1.19 bits per heavy atom. The van der Waals surface area contributed by atoms with Gasteiger partial charge in [-0.3, -0.25) is 20.4 Å². The van der Waals surface area contributed by atoms with Crippen LogP contribution in [0.25, 0.3) is 0 Å². The molecule has 0 fully saturated rings. The molecule has 1 atom stereocenters. The third-order valence-electron chi connectivity index (χ3n) is 2.55. The van der Waals surface area contributed by atoms with Crippen molar-refractivity contribution in [1.82, 2.24) is 10.9 Å². The zero-order valence-electron chi connectivity index (χ0n) is 12.3. The van der Waals surface area contributed by atoms with E-state index in [4.69, 9.17) is 27.9 Å². The molecule has 2 N–H and O–H groups in total. The summed E-state index contributed by atoms with van der Waals surface area (Å²) in [6.45, 7) is 6.76. The van der Waals surface area contributed by atoms with Crippen LogP contribution in [0.1, 0.15) is 27.7 Å². The fraction of sp³-hybridized carbons (Fsp3) is 0.429. The summed E-state index contributed by atoms with van der Waals surface area (Å²) in [5.74, 6) is -0.447. The summed E-state index contributed by atoms with van der Waals surface area (Å²) in [4.78, 5) is 23.5. The van der Waals surface area contributed by atoms with E-state index in [-0.39, 0.29) is 5.91 Å². The molecule has 5 nitrogen and oxygen atoms in total. The maximum atomic E-state index is 11.8. The molecule has 0 aliphatic rings. The van der Waals surface area contributed by atoms with Crippen molar-refractivity contribution in [3.63, 3.8) is 0 Å². The predicted octanol–water partition coefficient (Wildman–Crippen LogP) is 2.95. The smallest absolute Gasteiger partial charge is 0.279 e. The zero-order valence-corrected chi connectivity index (χ0v) is 13.8. The third-order valence-corrected chi connectivity index (χ3v) is 3.08. The van der Waals surface area contributed by atoms with Crippen molar-refractivity contribution in [3.05, 3.63) is 28.2 Å². The van der Waals surface area contributed by atoms with Crippen molar-refractivity contribution in [2.75, 3.05) is 0 Å². The van der Waals surface area contributed by atoms with Gasteiger partial charge >= 0.3 is 0 Å². The summed E-state index contributed by atoms with van der Waals surface area (Å²) >= 11 is 11.7.